The number of hydrogen-bond acceptors (Lipinski definition) is 5. The Bertz CT molecular complexity index is 1060. The smallest absolute Gasteiger partial charge is 0.247 e. The summed E-state index contributed by atoms with van der Waals surface area (Å²) in [5.41, 5.74) is 2.61. The fourth-order valence-electron chi connectivity index (χ4n) is 2.80. The summed E-state index contributed by atoms with van der Waals surface area (Å²) in [5.74, 6) is 0.230. The van der Waals surface area contributed by atoms with Crippen LogP contribution in [0.4, 0.5) is 5.82 Å². The van der Waals surface area contributed by atoms with Crippen molar-refractivity contribution in [3.8, 4) is 16.9 Å². The van der Waals surface area contributed by atoms with Crippen LogP contribution in [0.5, 0.6) is 0 Å². The number of aromatic nitrogens is 7. The Morgan fingerprint density at radius 2 is 1.96 bits per heavy atom. The molecule has 0 radical (unpaired) electrons. The van der Waals surface area contributed by atoms with Crippen LogP contribution >= 0.6 is 0 Å². The summed E-state index contributed by atoms with van der Waals surface area (Å²) in [6, 6.07) is 11.7. The molecule has 4 aromatic rings. The number of carbonyl (C=O) groups is 1. The lowest BCUT2D eigenvalue weighted by molar-refractivity contribution is -0.116. The molecular formula is C19H20N8O. The summed E-state index contributed by atoms with van der Waals surface area (Å²) >= 11 is 0. The van der Waals surface area contributed by atoms with E-state index in [1.807, 2.05) is 42.6 Å². The Morgan fingerprint density at radius 3 is 2.79 bits per heavy atom. The Morgan fingerprint density at radius 1 is 1.11 bits per heavy atom. The first-order valence-corrected chi connectivity index (χ1v) is 9.05. The molecule has 1 N–H and O–H groups in total. The molecule has 0 saturated heterocycles. The van der Waals surface area contributed by atoms with Gasteiger partial charge in [-0.25, -0.2) is 4.68 Å². The number of nitrogens with zero attached hydrogens (tertiary/aromatic N) is 7. The van der Waals surface area contributed by atoms with Gasteiger partial charge in [-0.15, -0.1) is 5.10 Å². The fraction of sp³-hybridized carbons (Fsp3) is 0.211. The van der Waals surface area contributed by atoms with Crippen molar-refractivity contribution < 1.29 is 4.79 Å². The van der Waals surface area contributed by atoms with Crippen molar-refractivity contribution in [2.24, 2.45) is 0 Å². The fourth-order valence-corrected chi connectivity index (χ4v) is 2.80. The van der Waals surface area contributed by atoms with E-state index < -0.39 is 0 Å². The summed E-state index contributed by atoms with van der Waals surface area (Å²) in [5, 5.41) is 19.5. The van der Waals surface area contributed by atoms with Gasteiger partial charge >= 0.3 is 0 Å². The van der Waals surface area contributed by atoms with Crippen molar-refractivity contribution in [3.05, 3.63) is 61.2 Å². The third-order valence-corrected chi connectivity index (χ3v) is 4.10. The SMILES string of the molecule is CCCn1cc(NC(=O)Cn2ccc(-c3cnn(-c4ccccc4)c3)n2)nn1. The predicted octanol–water partition coefficient (Wildman–Crippen LogP) is 2.38. The predicted molar refractivity (Wildman–Crippen MR) is 104 cm³/mol. The van der Waals surface area contributed by atoms with Crippen LogP contribution in [0, 0.1) is 0 Å². The molecule has 1 amide bonds. The van der Waals surface area contributed by atoms with Gasteiger partial charge in [0.1, 0.15) is 6.54 Å². The van der Waals surface area contributed by atoms with Crippen LogP contribution in [-0.2, 0) is 17.9 Å². The number of benzene rings is 1. The van der Waals surface area contributed by atoms with E-state index in [4.69, 9.17) is 0 Å². The zero-order valence-corrected chi connectivity index (χ0v) is 15.4. The lowest BCUT2D eigenvalue weighted by Crippen LogP contribution is -2.19. The Hall–Kier alpha value is -3.75. The Kier molecular flexibility index (Phi) is 4.96. The number of para-hydroxylation sites is 1. The lowest BCUT2D eigenvalue weighted by atomic mass is 10.2. The summed E-state index contributed by atoms with van der Waals surface area (Å²) in [6.07, 6.45) is 8.10. The molecule has 142 valence electrons. The second-order valence-electron chi connectivity index (χ2n) is 6.32. The van der Waals surface area contributed by atoms with Gasteiger partial charge in [-0.3, -0.25) is 14.2 Å². The molecule has 0 atom stereocenters. The highest BCUT2D eigenvalue weighted by Crippen LogP contribution is 2.18. The molecule has 9 heteroatoms. The largest absolute Gasteiger partial charge is 0.306 e. The molecule has 0 unspecified atom stereocenters. The number of anilines is 1. The molecule has 0 fully saturated rings. The standard InChI is InChI=1S/C19H20N8O/c1-2-9-26-13-18(22-24-26)21-19(28)14-25-10-8-17(23-25)15-11-20-27(12-15)16-6-4-3-5-7-16/h3-8,10-13H,2,9,14H2,1H3,(H,21,28). The summed E-state index contributed by atoms with van der Waals surface area (Å²) in [7, 11) is 0. The van der Waals surface area contributed by atoms with Gasteiger partial charge in [0.2, 0.25) is 5.91 Å². The van der Waals surface area contributed by atoms with Crippen molar-refractivity contribution in [2.75, 3.05) is 5.32 Å². The van der Waals surface area contributed by atoms with Crippen LogP contribution in [0.25, 0.3) is 16.9 Å². The first kappa shape index (κ1) is 17.7. The minimum Gasteiger partial charge on any atom is -0.306 e. The molecular weight excluding hydrogens is 356 g/mol. The van der Waals surface area contributed by atoms with Crippen molar-refractivity contribution in [2.45, 2.75) is 26.4 Å². The van der Waals surface area contributed by atoms with Crippen LogP contribution < -0.4 is 5.32 Å². The minimum atomic E-state index is -0.210. The van der Waals surface area contributed by atoms with Gasteiger partial charge in [0.25, 0.3) is 0 Å². The zero-order chi connectivity index (χ0) is 19.3. The molecule has 3 aromatic heterocycles. The maximum Gasteiger partial charge on any atom is 0.247 e. The topological polar surface area (TPSA) is 95.5 Å². The van der Waals surface area contributed by atoms with E-state index in [9.17, 15) is 4.79 Å². The van der Waals surface area contributed by atoms with Crippen molar-refractivity contribution >= 4 is 11.7 Å². The first-order chi connectivity index (χ1) is 13.7. The number of hydrogen-bond donors (Lipinski definition) is 1. The first-order valence-electron chi connectivity index (χ1n) is 9.05. The second kappa shape index (κ2) is 7.87. The zero-order valence-electron chi connectivity index (χ0n) is 15.4. The lowest BCUT2D eigenvalue weighted by Gasteiger charge is -2.01. The van der Waals surface area contributed by atoms with Crippen LogP contribution in [0.3, 0.4) is 0 Å². The van der Waals surface area contributed by atoms with Gasteiger partial charge in [-0.1, -0.05) is 30.3 Å². The maximum atomic E-state index is 12.2. The van der Waals surface area contributed by atoms with Gasteiger partial charge in [0, 0.05) is 24.5 Å². The Balaban J connectivity index is 1.40. The molecule has 1 aromatic carbocycles. The van der Waals surface area contributed by atoms with Crippen molar-refractivity contribution in [1.82, 2.24) is 34.6 Å². The average molecular weight is 376 g/mol. The average Bonchev–Trinajstić information content (AvgIpc) is 3.44. The molecule has 3 heterocycles. The number of aryl methyl sites for hydroxylation is 1. The third-order valence-electron chi connectivity index (χ3n) is 4.10. The number of nitrogens with one attached hydrogen (secondary N) is 1. The molecule has 0 aliphatic heterocycles. The van der Waals surface area contributed by atoms with Gasteiger partial charge in [-0.05, 0) is 24.6 Å². The Labute approximate surface area is 161 Å². The molecule has 0 aliphatic rings. The van der Waals surface area contributed by atoms with Crippen LogP contribution in [0.15, 0.2) is 61.2 Å². The number of rotatable bonds is 7. The van der Waals surface area contributed by atoms with E-state index in [2.05, 4.69) is 32.7 Å². The highest BCUT2D eigenvalue weighted by Gasteiger charge is 2.10. The molecule has 0 saturated carbocycles. The highest BCUT2D eigenvalue weighted by molar-refractivity contribution is 5.89. The van der Waals surface area contributed by atoms with E-state index in [-0.39, 0.29) is 12.5 Å². The van der Waals surface area contributed by atoms with Gasteiger partial charge in [0.05, 0.1) is 23.8 Å². The number of carbonyl (C=O) groups excluding carboxylic acids is 1. The molecule has 28 heavy (non-hydrogen) atoms. The summed E-state index contributed by atoms with van der Waals surface area (Å²) in [6.45, 7) is 2.91. The molecule has 0 spiro atoms. The maximum absolute atomic E-state index is 12.2. The third kappa shape index (κ3) is 3.98. The van der Waals surface area contributed by atoms with Crippen molar-refractivity contribution in [1.29, 1.82) is 0 Å². The van der Waals surface area contributed by atoms with Crippen molar-refractivity contribution in [3.63, 3.8) is 0 Å². The highest BCUT2D eigenvalue weighted by atomic mass is 16.2. The monoisotopic (exact) mass is 376 g/mol. The van der Waals surface area contributed by atoms with Crippen LogP contribution in [-0.4, -0.2) is 40.5 Å². The van der Waals surface area contributed by atoms with Gasteiger partial charge in [0.15, 0.2) is 5.82 Å². The van der Waals surface area contributed by atoms with Crippen LogP contribution in [0.2, 0.25) is 0 Å². The minimum absolute atomic E-state index is 0.0907. The van der Waals surface area contributed by atoms with Gasteiger partial charge < -0.3 is 5.32 Å². The summed E-state index contributed by atoms with van der Waals surface area (Å²) in [4.78, 5) is 12.2. The molecule has 0 aliphatic carbocycles. The normalized spacial score (nSPS) is 10.9. The molecule has 4 rings (SSSR count). The number of amides is 1. The van der Waals surface area contributed by atoms with E-state index >= 15 is 0 Å². The second-order valence-corrected chi connectivity index (χ2v) is 6.32. The van der Waals surface area contributed by atoms with E-state index in [0.717, 1.165) is 29.9 Å². The van der Waals surface area contributed by atoms with E-state index in [1.165, 1.54) is 0 Å². The van der Waals surface area contributed by atoms with Crippen LogP contribution in [0.1, 0.15) is 13.3 Å². The van der Waals surface area contributed by atoms with E-state index in [0.29, 0.717) is 5.82 Å². The van der Waals surface area contributed by atoms with E-state index in [1.54, 1.807) is 32.6 Å². The van der Waals surface area contributed by atoms with Gasteiger partial charge in [-0.2, -0.15) is 10.2 Å². The molecule has 0 bridgehead atoms. The summed E-state index contributed by atoms with van der Waals surface area (Å²) < 4.78 is 5.08. The molecule has 9 nitrogen and oxygen atoms in total. The quantitative estimate of drug-likeness (QED) is 0.534.